The van der Waals surface area contributed by atoms with Gasteiger partial charge in [-0.25, -0.2) is 9.59 Å². The summed E-state index contributed by atoms with van der Waals surface area (Å²) in [4.78, 5) is 47.0. The fourth-order valence-electron chi connectivity index (χ4n) is 4.30. The van der Waals surface area contributed by atoms with Gasteiger partial charge in [-0.15, -0.1) is 11.3 Å². The van der Waals surface area contributed by atoms with Crippen molar-refractivity contribution in [3.8, 4) is 21.9 Å². The molecule has 1 amide bonds. The second-order valence-corrected chi connectivity index (χ2v) is 10.2. The summed E-state index contributed by atoms with van der Waals surface area (Å²) >= 11 is 7.23. The summed E-state index contributed by atoms with van der Waals surface area (Å²) in [6, 6.07) is 12.3. The van der Waals surface area contributed by atoms with Gasteiger partial charge < -0.3 is 30.3 Å². The Balaban J connectivity index is 1.64. The molecule has 210 valence electrons. The number of hydrogen-bond donors (Lipinski definition) is 4. The van der Waals surface area contributed by atoms with E-state index in [4.69, 9.17) is 26.2 Å². The normalized spacial score (nSPS) is 14.2. The monoisotopic (exact) mass is 589 g/mol. The van der Waals surface area contributed by atoms with Gasteiger partial charge in [0, 0.05) is 12.0 Å². The van der Waals surface area contributed by atoms with Crippen LogP contribution in [-0.2, 0) is 9.59 Å². The number of nitrogens with one attached hydrogen (secondary N) is 2. The van der Waals surface area contributed by atoms with E-state index < -0.39 is 35.5 Å². The summed E-state index contributed by atoms with van der Waals surface area (Å²) in [5, 5.41) is 35.7. The molecule has 4 rings (SSSR count). The van der Waals surface area contributed by atoms with Gasteiger partial charge >= 0.3 is 11.9 Å². The van der Waals surface area contributed by atoms with Gasteiger partial charge in [-0.05, 0) is 49.7 Å². The lowest BCUT2D eigenvalue weighted by molar-refractivity contribution is -0.383. The molecule has 1 aliphatic heterocycles. The number of benzene rings is 2. The van der Waals surface area contributed by atoms with E-state index in [0.717, 1.165) is 11.3 Å². The summed E-state index contributed by atoms with van der Waals surface area (Å²) < 4.78 is 11.3. The van der Waals surface area contributed by atoms with Crippen LogP contribution in [0.25, 0.3) is 10.4 Å². The Morgan fingerprint density at radius 3 is 2.55 bits per heavy atom. The van der Waals surface area contributed by atoms with Gasteiger partial charge in [0.1, 0.15) is 16.5 Å². The van der Waals surface area contributed by atoms with Crippen molar-refractivity contribution in [1.29, 1.82) is 0 Å². The minimum Gasteiger partial charge on any atom is -0.480 e. The maximum absolute atomic E-state index is 13.4. The van der Waals surface area contributed by atoms with E-state index in [9.17, 15) is 29.6 Å². The van der Waals surface area contributed by atoms with Gasteiger partial charge in [0.15, 0.2) is 23.3 Å². The fraction of sp³-hybridized carbons (Fsp3) is 0.269. The molecule has 2 aromatic carbocycles. The molecule has 1 aromatic heterocycles. The molecule has 0 spiro atoms. The highest BCUT2D eigenvalue weighted by Gasteiger charge is 2.33. The minimum absolute atomic E-state index is 0.0502. The number of amides is 1. The number of halogens is 1. The van der Waals surface area contributed by atoms with Crippen LogP contribution in [0.4, 0.5) is 11.4 Å². The number of aliphatic carboxylic acids is 1. The van der Waals surface area contributed by atoms with Crippen LogP contribution in [0.1, 0.15) is 22.5 Å². The standard InChI is InChI=1S/C26H24ClN3O9S/c27-20-22(38-13-19(31)32)24(26(34)35)40-23(20)15-4-3-5-16(12-15)39-21(14-8-10-28-11-9-14)25(33)29-17-6-1-2-7-18(17)30(36)37/h1-7,12,14,21,28H,8-11,13H2,(H,29,33)(H,31,32)(H,34,35). The molecule has 1 unspecified atom stereocenters. The molecule has 3 aromatic rings. The third kappa shape index (κ3) is 6.68. The molecule has 14 heteroatoms. The highest BCUT2D eigenvalue weighted by Crippen LogP contribution is 2.46. The van der Waals surface area contributed by atoms with Crippen LogP contribution >= 0.6 is 22.9 Å². The van der Waals surface area contributed by atoms with E-state index >= 15 is 0 Å². The van der Waals surface area contributed by atoms with Crippen LogP contribution in [0.3, 0.4) is 0 Å². The molecule has 1 fully saturated rings. The second kappa shape index (κ2) is 12.8. The number of anilines is 1. The second-order valence-electron chi connectivity index (χ2n) is 8.81. The number of hydrogen-bond acceptors (Lipinski definition) is 9. The van der Waals surface area contributed by atoms with Crippen LogP contribution in [0, 0.1) is 16.0 Å². The van der Waals surface area contributed by atoms with Gasteiger partial charge in [0.05, 0.1) is 9.80 Å². The van der Waals surface area contributed by atoms with E-state index in [0.29, 0.717) is 36.4 Å². The molecule has 12 nitrogen and oxygen atoms in total. The Hall–Kier alpha value is -4.20. The zero-order valence-corrected chi connectivity index (χ0v) is 22.4. The third-order valence-electron chi connectivity index (χ3n) is 6.13. The number of para-hydroxylation sites is 2. The Bertz CT molecular complexity index is 1440. The van der Waals surface area contributed by atoms with Gasteiger partial charge in [-0.2, -0.15) is 0 Å². The molecule has 1 saturated heterocycles. The van der Waals surface area contributed by atoms with Crippen LogP contribution in [0.5, 0.6) is 11.5 Å². The van der Waals surface area contributed by atoms with Crippen molar-refractivity contribution >= 4 is 52.2 Å². The number of aromatic carboxylic acids is 1. The first-order valence-electron chi connectivity index (χ1n) is 12.1. The summed E-state index contributed by atoms with van der Waals surface area (Å²) in [5.41, 5.74) is 0.266. The summed E-state index contributed by atoms with van der Waals surface area (Å²) in [7, 11) is 0. The summed E-state index contributed by atoms with van der Waals surface area (Å²) in [6.45, 7) is 0.572. The van der Waals surface area contributed by atoms with Crippen LogP contribution in [-0.4, -0.2) is 58.8 Å². The lowest BCUT2D eigenvalue weighted by Crippen LogP contribution is -2.44. The Labute approximate surface area is 236 Å². The number of nitro benzene ring substituents is 1. The molecule has 0 radical (unpaired) electrons. The molecule has 40 heavy (non-hydrogen) atoms. The lowest BCUT2D eigenvalue weighted by atomic mass is 9.91. The number of carboxylic acids is 2. The van der Waals surface area contributed by atoms with E-state index in [1.807, 2.05) is 0 Å². The number of ether oxygens (including phenoxy) is 2. The number of carboxylic acid groups (broad SMARTS) is 2. The van der Waals surface area contributed by atoms with Crippen molar-refractivity contribution in [3.63, 3.8) is 0 Å². The van der Waals surface area contributed by atoms with E-state index in [1.54, 1.807) is 30.3 Å². The number of carbonyl (C=O) groups is 3. The van der Waals surface area contributed by atoms with Crippen molar-refractivity contribution in [2.24, 2.45) is 5.92 Å². The molecule has 4 N–H and O–H groups in total. The van der Waals surface area contributed by atoms with Crippen molar-refractivity contribution < 1.29 is 39.0 Å². The van der Waals surface area contributed by atoms with Gasteiger partial charge in [-0.3, -0.25) is 14.9 Å². The predicted molar refractivity (Wildman–Crippen MR) is 147 cm³/mol. The number of nitro groups is 1. The first-order chi connectivity index (χ1) is 19.2. The predicted octanol–water partition coefficient (Wildman–Crippen LogP) is 4.52. The highest BCUT2D eigenvalue weighted by atomic mass is 35.5. The quantitative estimate of drug-likeness (QED) is 0.183. The molecule has 2 heterocycles. The van der Waals surface area contributed by atoms with Crippen LogP contribution in [0.15, 0.2) is 48.5 Å². The largest absolute Gasteiger partial charge is 0.480 e. The number of carbonyl (C=O) groups excluding carboxylic acids is 1. The average Bonchev–Trinajstić information content (AvgIpc) is 3.27. The molecule has 0 bridgehead atoms. The summed E-state index contributed by atoms with van der Waals surface area (Å²) in [5.74, 6) is -3.32. The zero-order valence-electron chi connectivity index (χ0n) is 20.8. The minimum atomic E-state index is -1.33. The van der Waals surface area contributed by atoms with Crippen LogP contribution < -0.4 is 20.1 Å². The van der Waals surface area contributed by atoms with Crippen molar-refractivity contribution in [2.75, 3.05) is 25.0 Å². The maximum atomic E-state index is 13.4. The van der Waals surface area contributed by atoms with E-state index in [-0.39, 0.29) is 38.7 Å². The molecule has 1 aliphatic rings. The zero-order chi connectivity index (χ0) is 28.8. The third-order valence-corrected chi connectivity index (χ3v) is 7.81. The molecule has 1 atom stereocenters. The van der Waals surface area contributed by atoms with E-state index in [2.05, 4.69) is 10.6 Å². The number of nitrogens with zero attached hydrogens (tertiary/aromatic N) is 1. The first-order valence-corrected chi connectivity index (χ1v) is 13.3. The topological polar surface area (TPSA) is 177 Å². The fourth-order valence-corrected chi connectivity index (χ4v) is 5.70. The Morgan fingerprint density at radius 1 is 1.15 bits per heavy atom. The molecular formula is C26H24ClN3O9S. The maximum Gasteiger partial charge on any atom is 0.349 e. The Kier molecular flexibility index (Phi) is 9.19. The summed E-state index contributed by atoms with van der Waals surface area (Å²) in [6.07, 6.45) is 0.287. The van der Waals surface area contributed by atoms with Crippen molar-refractivity contribution in [1.82, 2.24) is 5.32 Å². The first kappa shape index (κ1) is 28.8. The number of rotatable bonds is 11. The van der Waals surface area contributed by atoms with Crippen molar-refractivity contribution in [2.45, 2.75) is 18.9 Å². The smallest absolute Gasteiger partial charge is 0.349 e. The lowest BCUT2D eigenvalue weighted by Gasteiger charge is -2.30. The van der Waals surface area contributed by atoms with E-state index in [1.165, 1.54) is 18.2 Å². The molecular weight excluding hydrogens is 566 g/mol. The molecule has 0 saturated carbocycles. The van der Waals surface area contributed by atoms with Crippen LogP contribution in [0.2, 0.25) is 5.02 Å². The van der Waals surface area contributed by atoms with Gasteiger partial charge in [-0.1, -0.05) is 35.9 Å². The number of piperidine rings is 1. The Morgan fingerprint density at radius 2 is 1.88 bits per heavy atom. The highest BCUT2D eigenvalue weighted by molar-refractivity contribution is 7.18. The SMILES string of the molecule is O=C(O)COc1c(C(=O)O)sc(-c2cccc(OC(C(=O)Nc3ccccc3[N+](=O)[O-])C3CCNCC3)c2)c1Cl. The number of thiophene rings is 1. The van der Waals surface area contributed by atoms with Gasteiger partial charge in [0.25, 0.3) is 11.6 Å². The molecule has 0 aliphatic carbocycles. The van der Waals surface area contributed by atoms with Gasteiger partial charge in [0.2, 0.25) is 0 Å². The van der Waals surface area contributed by atoms with Crippen molar-refractivity contribution in [3.05, 3.63) is 68.5 Å². The average molecular weight is 590 g/mol.